The Balaban J connectivity index is 1.71. The molecule has 0 aliphatic rings. The van der Waals surface area contributed by atoms with Crippen LogP contribution in [0.4, 0.5) is 5.69 Å². The molecule has 0 radical (unpaired) electrons. The third kappa shape index (κ3) is 3.11. The van der Waals surface area contributed by atoms with Crippen LogP contribution < -0.4 is 5.32 Å². The molecule has 2 aromatic heterocycles. The van der Waals surface area contributed by atoms with E-state index in [0.29, 0.717) is 13.0 Å². The van der Waals surface area contributed by atoms with Crippen molar-refractivity contribution in [1.82, 2.24) is 19.6 Å². The number of nitrogens with zero attached hydrogens (tertiary/aromatic N) is 4. The standard InChI is InChI=1S/C17H21N5O/c1-12(2)22-15-11-18-21(17(15)13(3)20-22)10-9-16(23)19-14-7-5-4-6-8-14/h4-8,11-12H,9-10H2,1-3H3,(H,19,23). The smallest absolute Gasteiger partial charge is 0.226 e. The number of fused-ring (bicyclic) bond motifs is 1. The molecule has 0 aliphatic heterocycles. The van der Waals surface area contributed by atoms with Crippen molar-refractivity contribution in [3.8, 4) is 0 Å². The predicted molar refractivity (Wildman–Crippen MR) is 90.3 cm³/mol. The molecule has 120 valence electrons. The normalized spacial score (nSPS) is 11.3. The Morgan fingerprint density at radius 3 is 2.70 bits per heavy atom. The SMILES string of the molecule is Cc1nn(C(C)C)c2cnn(CCC(=O)Nc3ccccc3)c12. The Bertz CT molecular complexity index is 816. The van der Waals surface area contributed by atoms with Crippen molar-refractivity contribution in [2.24, 2.45) is 0 Å². The molecule has 1 aromatic carbocycles. The number of aryl methyl sites for hydroxylation is 2. The van der Waals surface area contributed by atoms with Gasteiger partial charge in [-0.3, -0.25) is 14.2 Å². The van der Waals surface area contributed by atoms with Crippen molar-refractivity contribution in [3.05, 3.63) is 42.2 Å². The van der Waals surface area contributed by atoms with E-state index in [1.165, 1.54) is 0 Å². The molecule has 1 N–H and O–H groups in total. The van der Waals surface area contributed by atoms with Crippen molar-refractivity contribution in [2.75, 3.05) is 5.32 Å². The fourth-order valence-corrected chi connectivity index (χ4v) is 2.69. The number of carbonyl (C=O) groups is 1. The summed E-state index contributed by atoms with van der Waals surface area (Å²) in [4.78, 5) is 12.1. The number of para-hydroxylation sites is 1. The summed E-state index contributed by atoms with van der Waals surface area (Å²) in [6, 6.07) is 9.75. The molecule has 1 amide bonds. The highest BCUT2D eigenvalue weighted by molar-refractivity contribution is 5.90. The molecule has 0 unspecified atom stereocenters. The number of hydrogen-bond donors (Lipinski definition) is 1. The van der Waals surface area contributed by atoms with Gasteiger partial charge in [-0.25, -0.2) is 0 Å². The van der Waals surface area contributed by atoms with Gasteiger partial charge >= 0.3 is 0 Å². The molecular formula is C17H21N5O. The second kappa shape index (κ2) is 6.24. The topological polar surface area (TPSA) is 64.7 Å². The molecule has 3 rings (SSSR count). The van der Waals surface area contributed by atoms with Gasteiger partial charge in [-0.1, -0.05) is 18.2 Å². The Hall–Kier alpha value is -2.63. The van der Waals surface area contributed by atoms with Gasteiger partial charge < -0.3 is 5.32 Å². The average molecular weight is 311 g/mol. The summed E-state index contributed by atoms with van der Waals surface area (Å²) in [5, 5.41) is 11.9. The van der Waals surface area contributed by atoms with Crippen LogP contribution in [0.2, 0.25) is 0 Å². The van der Waals surface area contributed by atoms with Crippen LogP contribution in [0.1, 0.15) is 32.0 Å². The second-order valence-corrected chi connectivity index (χ2v) is 5.89. The lowest BCUT2D eigenvalue weighted by molar-refractivity contribution is -0.116. The first kappa shape index (κ1) is 15.3. The Labute approximate surface area is 135 Å². The van der Waals surface area contributed by atoms with Crippen LogP contribution in [0.5, 0.6) is 0 Å². The summed E-state index contributed by atoms with van der Waals surface area (Å²) < 4.78 is 3.83. The van der Waals surface area contributed by atoms with Crippen molar-refractivity contribution in [3.63, 3.8) is 0 Å². The minimum Gasteiger partial charge on any atom is -0.326 e. The summed E-state index contributed by atoms with van der Waals surface area (Å²) in [5.41, 5.74) is 3.77. The molecule has 6 heteroatoms. The summed E-state index contributed by atoms with van der Waals surface area (Å²) in [6.07, 6.45) is 2.20. The van der Waals surface area contributed by atoms with Crippen molar-refractivity contribution in [2.45, 2.75) is 39.8 Å². The number of aromatic nitrogens is 4. The van der Waals surface area contributed by atoms with E-state index in [0.717, 1.165) is 22.4 Å². The maximum Gasteiger partial charge on any atom is 0.226 e. The quantitative estimate of drug-likeness (QED) is 0.787. The average Bonchev–Trinajstić information content (AvgIpc) is 3.08. The largest absolute Gasteiger partial charge is 0.326 e. The van der Waals surface area contributed by atoms with Crippen LogP contribution in [-0.2, 0) is 11.3 Å². The highest BCUT2D eigenvalue weighted by Crippen LogP contribution is 2.21. The number of carbonyl (C=O) groups excluding carboxylic acids is 1. The summed E-state index contributed by atoms with van der Waals surface area (Å²) >= 11 is 0. The molecule has 6 nitrogen and oxygen atoms in total. The molecule has 0 saturated heterocycles. The van der Waals surface area contributed by atoms with Crippen LogP contribution in [0.25, 0.3) is 11.0 Å². The number of anilines is 1. The van der Waals surface area contributed by atoms with Crippen LogP contribution >= 0.6 is 0 Å². The van der Waals surface area contributed by atoms with Gasteiger partial charge in [0.1, 0.15) is 11.0 Å². The third-order valence-corrected chi connectivity index (χ3v) is 3.76. The molecule has 23 heavy (non-hydrogen) atoms. The molecule has 3 aromatic rings. The van der Waals surface area contributed by atoms with E-state index in [1.54, 1.807) is 0 Å². The molecule has 0 saturated carbocycles. The van der Waals surface area contributed by atoms with Gasteiger partial charge in [-0.15, -0.1) is 0 Å². The van der Waals surface area contributed by atoms with Gasteiger partial charge in [-0.2, -0.15) is 10.2 Å². The Morgan fingerprint density at radius 2 is 2.00 bits per heavy atom. The van der Waals surface area contributed by atoms with Crippen molar-refractivity contribution < 1.29 is 4.79 Å². The number of amides is 1. The van der Waals surface area contributed by atoms with E-state index in [2.05, 4.69) is 29.4 Å². The monoisotopic (exact) mass is 311 g/mol. The highest BCUT2D eigenvalue weighted by atomic mass is 16.1. The maximum atomic E-state index is 12.1. The zero-order chi connectivity index (χ0) is 16.4. The fraction of sp³-hybridized carbons (Fsp3) is 0.353. The van der Waals surface area contributed by atoms with Crippen LogP contribution in [0.3, 0.4) is 0 Å². The Kier molecular flexibility index (Phi) is 4.14. The zero-order valence-electron chi connectivity index (χ0n) is 13.7. The summed E-state index contributed by atoms with van der Waals surface area (Å²) in [5.74, 6) is -0.0197. The zero-order valence-corrected chi connectivity index (χ0v) is 13.7. The molecule has 2 heterocycles. The minimum atomic E-state index is -0.0197. The van der Waals surface area contributed by atoms with Crippen LogP contribution in [-0.4, -0.2) is 25.5 Å². The van der Waals surface area contributed by atoms with Gasteiger partial charge in [0, 0.05) is 18.2 Å². The molecule has 0 fully saturated rings. The molecule has 0 aliphatic carbocycles. The predicted octanol–water partition coefficient (Wildman–Crippen LogP) is 3.15. The van der Waals surface area contributed by atoms with Crippen molar-refractivity contribution >= 4 is 22.6 Å². The first-order valence-electron chi connectivity index (χ1n) is 7.82. The van der Waals surface area contributed by atoms with Gasteiger partial charge in [0.25, 0.3) is 0 Å². The fourth-order valence-electron chi connectivity index (χ4n) is 2.69. The number of hydrogen-bond acceptors (Lipinski definition) is 3. The van der Waals surface area contributed by atoms with E-state index in [9.17, 15) is 4.79 Å². The van der Waals surface area contributed by atoms with Crippen LogP contribution in [0.15, 0.2) is 36.5 Å². The summed E-state index contributed by atoms with van der Waals surface area (Å²) in [6.45, 7) is 6.70. The lowest BCUT2D eigenvalue weighted by Crippen LogP contribution is -2.15. The molecule has 0 atom stereocenters. The number of benzene rings is 1. The Morgan fingerprint density at radius 1 is 1.26 bits per heavy atom. The van der Waals surface area contributed by atoms with E-state index in [-0.39, 0.29) is 11.9 Å². The van der Waals surface area contributed by atoms with E-state index in [1.807, 2.05) is 52.8 Å². The highest BCUT2D eigenvalue weighted by Gasteiger charge is 2.15. The van der Waals surface area contributed by atoms with E-state index in [4.69, 9.17) is 0 Å². The number of rotatable bonds is 5. The van der Waals surface area contributed by atoms with E-state index < -0.39 is 0 Å². The second-order valence-electron chi connectivity index (χ2n) is 5.89. The maximum absolute atomic E-state index is 12.1. The van der Waals surface area contributed by atoms with Crippen molar-refractivity contribution in [1.29, 1.82) is 0 Å². The lowest BCUT2D eigenvalue weighted by atomic mass is 10.3. The summed E-state index contributed by atoms with van der Waals surface area (Å²) in [7, 11) is 0. The van der Waals surface area contributed by atoms with Gasteiger partial charge in [0.2, 0.25) is 5.91 Å². The van der Waals surface area contributed by atoms with Gasteiger partial charge in [0.15, 0.2) is 0 Å². The lowest BCUT2D eigenvalue weighted by Gasteiger charge is -2.05. The van der Waals surface area contributed by atoms with Crippen LogP contribution in [0, 0.1) is 6.92 Å². The first-order chi connectivity index (χ1) is 11.1. The third-order valence-electron chi connectivity index (χ3n) is 3.76. The number of nitrogens with one attached hydrogen (secondary N) is 1. The minimum absolute atomic E-state index is 0.0197. The van der Waals surface area contributed by atoms with Gasteiger partial charge in [0.05, 0.1) is 18.4 Å². The van der Waals surface area contributed by atoms with Gasteiger partial charge in [-0.05, 0) is 32.9 Å². The molecule has 0 spiro atoms. The first-order valence-corrected chi connectivity index (χ1v) is 7.82. The van der Waals surface area contributed by atoms with E-state index >= 15 is 0 Å². The molecular weight excluding hydrogens is 290 g/mol. The molecule has 0 bridgehead atoms.